The maximum absolute atomic E-state index is 3.77. The highest BCUT2D eigenvalue weighted by Crippen LogP contribution is 2.53. The van der Waals surface area contributed by atoms with Gasteiger partial charge in [-0.05, 0) is 51.1 Å². The molecule has 6 rings (SSSR count). The summed E-state index contributed by atoms with van der Waals surface area (Å²) in [5.74, 6) is 0.386. The molecule has 136 valence electrons. The van der Waals surface area contributed by atoms with Crippen molar-refractivity contribution >= 4 is 11.3 Å². The molecule has 28 heavy (non-hydrogen) atoms. The molecule has 1 aliphatic heterocycles. The van der Waals surface area contributed by atoms with E-state index in [9.17, 15) is 0 Å². The number of anilines is 1. The number of allylic oxidation sites excluding steroid dienone is 2. The van der Waals surface area contributed by atoms with E-state index in [0.29, 0.717) is 12.0 Å². The van der Waals surface area contributed by atoms with Crippen LogP contribution in [-0.2, 0) is 5.41 Å². The van der Waals surface area contributed by atoms with Crippen LogP contribution in [0.3, 0.4) is 0 Å². The lowest BCUT2D eigenvalue weighted by Gasteiger charge is -2.22. The molecule has 2 aliphatic carbocycles. The summed E-state index contributed by atoms with van der Waals surface area (Å²) in [5, 5.41) is 3.77. The molecule has 0 aromatic heterocycles. The molecule has 0 saturated carbocycles. The number of hydrogen-bond acceptors (Lipinski definition) is 1. The molecule has 1 nitrogen and oxygen atoms in total. The Morgan fingerprint density at radius 2 is 1.61 bits per heavy atom. The van der Waals surface area contributed by atoms with Crippen LogP contribution in [0.15, 0.2) is 85.0 Å². The van der Waals surface area contributed by atoms with Crippen LogP contribution in [0.2, 0.25) is 0 Å². The van der Waals surface area contributed by atoms with Crippen LogP contribution in [0.4, 0.5) is 5.69 Å². The number of rotatable bonds is 1. The van der Waals surface area contributed by atoms with E-state index >= 15 is 0 Å². The van der Waals surface area contributed by atoms with E-state index in [4.69, 9.17) is 0 Å². The van der Waals surface area contributed by atoms with Crippen LogP contribution in [0.1, 0.15) is 42.0 Å². The van der Waals surface area contributed by atoms with Crippen LogP contribution < -0.4 is 5.32 Å². The van der Waals surface area contributed by atoms with Gasteiger partial charge in [-0.2, -0.15) is 0 Å². The molecule has 3 aromatic carbocycles. The zero-order valence-electron chi connectivity index (χ0n) is 16.2. The fourth-order valence-corrected chi connectivity index (χ4v) is 5.27. The van der Waals surface area contributed by atoms with Crippen molar-refractivity contribution in [3.63, 3.8) is 0 Å². The third kappa shape index (κ3) is 2.08. The Labute approximate surface area is 166 Å². The molecule has 0 bridgehead atoms. The molecule has 1 heterocycles. The first-order chi connectivity index (χ1) is 13.6. The Bertz CT molecular complexity index is 1160. The Morgan fingerprint density at radius 3 is 2.46 bits per heavy atom. The molecule has 0 fully saturated rings. The molecule has 3 aliphatic rings. The summed E-state index contributed by atoms with van der Waals surface area (Å²) in [5.41, 5.74) is 11.1. The van der Waals surface area contributed by atoms with Crippen LogP contribution in [0.25, 0.3) is 16.7 Å². The minimum absolute atomic E-state index is 0.0529. The number of benzene rings is 3. The minimum Gasteiger partial charge on any atom is -0.378 e. The fourth-order valence-electron chi connectivity index (χ4n) is 5.27. The van der Waals surface area contributed by atoms with Gasteiger partial charge in [0.05, 0.1) is 6.04 Å². The van der Waals surface area contributed by atoms with Crippen molar-refractivity contribution in [3.05, 3.63) is 107 Å². The van der Waals surface area contributed by atoms with Crippen molar-refractivity contribution in [2.24, 2.45) is 0 Å². The highest BCUT2D eigenvalue weighted by Gasteiger charge is 2.39. The second-order valence-electron chi connectivity index (χ2n) is 8.70. The maximum Gasteiger partial charge on any atom is 0.0552 e. The SMILES string of the molecule is CC1(C)c2ccccc2-c2cc3c(cc21)NC1C=CC(c2ccccc2)=CC31. The molecule has 0 saturated heterocycles. The van der Waals surface area contributed by atoms with Gasteiger partial charge in [-0.15, -0.1) is 0 Å². The van der Waals surface area contributed by atoms with Crippen molar-refractivity contribution in [2.45, 2.75) is 31.2 Å². The van der Waals surface area contributed by atoms with E-state index < -0.39 is 0 Å². The van der Waals surface area contributed by atoms with Gasteiger partial charge >= 0.3 is 0 Å². The van der Waals surface area contributed by atoms with E-state index in [1.807, 2.05) is 0 Å². The van der Waals surface area contributed by atoms with Crippen molar-refractivity contribution in [2.75, 3.05) is 5.32 Å². The van der Waals surface area contributed by atoms with Gasteiger partial charge in [0.15, 0.2) is 0 Å². The Balaban J connectivity index is 1.50. The number of hydrogen-bond donors (Lipinski definition) is 1. The van der Waals surface area contributed by atoms with Gasteiger partial charge < -0.3 is 5.32 Å². The molecule has 2 unspecified atom stereocenters. The molecule has 1 heteroatoms. The van der Waals surface area contributed by atoms with E-state index in [0.717, 1.165) is 0 Å². The Hall–Kier alpha value is -3.06. The number of fused-ring (bicyclic) bond motifs is 6. The van der Waals surface area contributed by atoms with Crippen LogP contribution in [0, 0.1) is 0 Å². The van der Waals surface area contributed by atoms with Crippen molar-refractivity contribution in [1.29, 1.82) is 0 Å². The monoisotopic (exact) mass is 361 g/mol. The standard InChI is InChI=1S/C27H23N/c1-27(2)23-11-7-6-10-19(23)20-15-22-21-14-18(17-8-4-3-5-9-17)12-13-25(21)28-26(22)16-24(20)27/h3-16,21,25,28H,1-2H3. The summed E-state index contributed by atoms with van der Waals surface area (Å²) in [6, 6.07) is 24.8. The lowest BCUT2D eigenvalue weighted by Crippen LogP contribution is -2.18. The molecular weight excluding hydrogens is 338 g/mol. The Morgan fingerprint density at radius 1 is 0.821 bits per heavy atom. The maximum atomic E-state index is 3.77. The minimum atomic E-state index is 0.0529. The summed E-state index contributed by atoms with van der Waals surface area (Å²) in [7, 11) is 0. The lowest BCUT2D eigenvalue weighted by atomic mass is 9.81. The summed E-state index contributed by atoms with van der Waals surface area (Å²) in [6.45, 7) is 4.69. The number of nitrogens with one attached hydrogen (secondary N) is 1. The van der Waals surface area contributed by atoms with Crippen LogP contribution in [0.5, 0.6) is 0 Å². The first kappa shape index (κ1) is 15.9. The van der Waals surface area contributed by atoms with Crippen molar-refractivity contribution in [1.82, 2.24) is 0 Å². The summed E-state index contributed by atoms with van der Waals surface area (Å²) in [4.78, 5) is 0. The summed E-state index contributed by atoms with van der Waals surface area (Å²) >= 11 is 0. The lowest BCUT2D eigenvalue weighted by molar-refractivity contribution is 0.660. The first-order valence-electron chi connectivity index (χ1n) is 10.1. The van der Waals surface area contributed by atoms with E-state index in [1.54, 1.807) is 0 Å². The van der Waals surface area contributed by atoms with Crippen molar-refractivity contribution < 1.29 is 0 Å². The fraction of sp³-hybridized carbons (Fsp3) is 0.185. The van der Waals surface area contributed by atoms with Gasteiger partial charge in [-0.3, -0.25) is 0 Å². The van der Waals surface area contributed by atoms with Gasteiger partial charge in [-0.25, -0.2) is 0 Å². The predicted octanol–water partition coefficient (Wildman–Crippen LogP) is 6.52. The second kappa shape index (κ2) is 5.48. The van der Waals surface area contributed by atoms with Gasteiger partial charge in [0.2, 0.25) is 0 Å². The predicted molar refractivity (Wildman–Crippen MR) is 118 cm³/mol. The Kier molecular flexibility index (Phi) is 3.12. The molecular formula is C27H23N. The average Bonchev–Trinajstić information content (AvgIpc) is 3.20. The summed E-state index contributed by atoms with van der Waals surface area (Å²) in [6.07, 6.45) is 7.04. The third-order valence-corrected chi connectivity index (χ3v) is 6.77. The third-order valence-electron chi connectivity index (χ3n) is 6.77. The van der Waals surface area contributed by atoms with E-state index in [-0.39, 0.29) is 5.41 Å². The topological polar surface area (TPSA) is 12.0 Å². The second-order valence-corrected chi connectivity index (χ2v) is 8.70. The largest absolute Gasteiger partial charge is 0.378 e. The summed E-state index contributed by atoms with van der Waals surface area (Å²) < 4.78 is 0. The molecule has 0 spiro atoms. The quantitative estimate of drug-likeness (QED) is 0.520. The zero-order chi connectivity index (χ0) is 18.9. The van der Waals surface area contributed by atoms with Gasteiger partial charge in [0.25, 0.3) is 0 Å². The van der Waals surface area contributed by atoms with Crippen molar-refractivity contribution in [3.8, 4) is 11.1 Å². The van der Waals surface area contributed by atoms with Gasteiger partial charge in [0.1, 0.15) is 0 Å². The van der Waals surface area contributed by atoms with E-state index in [1.165, 1.54) is 44.6 Å². The zero-order valence-corrected chi connectivity index (χ0v) is 16.2. The molecule has 2 atom stereocenters. The molecule has 0 radical (unpaired) electrons. The molecule has 3 aromatic rings. The van der Waals surface area contributed by atoms with E-state index in [2.05, 4.69) is 104 Å². The normalized spacial score (nSPS) is 22.6. The van der Waals surface area contributed by atoms with Crippen LogP contribution >= 0.6 is 0 Å². The molecule has 1 N–H and O–H groups in total. The highest BCUT2D eigenvalue weighted by molar-refractivity contribution is 5.86. The van der Waals surface area contributed by atoms with Crippen LogP contribution in [-0.4, -0.2) is 6.04 Å². The smallest absolute Gasteiger partial charge is 0.0552 e. The molecule has 0 amide bonds. The first-order valence-corrected chi connectivity index (χ1v) is 10.1. The van der Waals surface area contributed by atoms with Gasteiger partial charge in [0, 0.05) is 17.0 Å². The van der Waals surface area contributed by atoms with Gasteiger partial charge in [-0.1, -0.05) is 86.7 Å². The highest BCUT2D eigenvalue weighted by atomic mass is 15.0. The average molecular weight is 361 g/mol.